The Labute approximate surface area is 208 Å². The lowest BCUT2D eigenvalue weighted by Gasteiger charge is -2.28. The fourth-order valence-corrected chi connectivity index (χ4v) is 4.40. The molecule has 3 heterocycles. The second-order valence-corrected chi connectivity index (χ2v) is 8.57. The van der Waals surface area contributed by atoms with Gasteiger partial charge >= 0.3 is 6.03 Å². The maximum absolute atomic E-state index is 13.5. The van der Waals surface area contributed by atoms with Gasteiger partial charge < -0.3 is 15.1 Å². The Morgan fingerprint density at radius 1 is 1.06 bits per heavy atom. The van der Waals surface area contributed by atoms with Crippen molar-refractivity contribution >= 4 is 23.3 Å². The second kappa shape index (κ2) is 9.99. The number of aryl methyl sites for hydroxylation is 1. The van der Waals surface area contributed by atoms with E-state index in [1.54, 1.807) is 34.3 Å². The summed E-state index contributed by atoms with van der Waals surface area (Å²) in [5.74, 6) is -0.663. The summed E-state index contributed by atoms with van der Waals surface area (Å²) in [6, 6.07) is 18.1. The smallest absolute Gasteiger partial charge is 0.320 e. The van der Waals surface area contributed by atoms with Gasteiger partial charge in [-0.05, 0) is 48.5 Å². The molecule has 0 unspecified atom stereocenters. The van der Waals surface area contributed by atoms with Crippen molar-refractivity contribution in [3.8, 4) is 0 Å². The van der Waals surface area contributed by atoms with Crippen LogP contribution in [-0.4, -0.2) is 38.1 Å². The first-order chi connectivity index (χ1) is 17.5. The van der Waals surface area contributed by atoms with E-state index in [4.69, 9.17) is 5.10 Å². The van der Waals surface area contributed by atoms with E-state index in [2.05, 4.69) is 10.3 Å². The second-order valence-electron chi connectivity index (χ2n) is 8.57. The van der Waals surface area contributed by atoms with Crippen LogP contribution < -0.4 is 10.2 Å². The highest BCUT2D eigenvalue weighted by Crippen LogP contribution is 2.27. The zero-order valence-corrected chi connectivity index (χ0v) is 19.8. The fourth-order valence-electron chi connectivity index (χ4n) is 4.40. The number of hydrogen-bond donors (Lipinski definition) is 1. The zero-order valence-electron chi connectivity index (χ0n) is 19.8. The molecule has 1 aliphatic heterocycles. The molecule has 182 valence electrons. The SMILES string of the molecule is Cn1nc(CN(C(=O)c2ccc(F)cc2)c2ccccc2)c2c1CCN(C(=O)Nc1cccnc1)C2. The molecule has 0 atom stereocenters. The van der Waals surface area contributed by atoms with Crippen molar-refractivity contribution in [3.63, 3.8) is 0 Å². The molecule has 0 saturated carbocycles. The van der Waals surface area contributed by atoms with E-state index < -0.39 is 5.82 Å². The summed E-state index contributed by atoms with van der Waals surface area (Å²) < 4.78 is 15.3. The molecule has 3 amide bonds. The molecular weight excluding hydrogens is 459 g/mol. The highest BCUT2D eigenvalue weighted by molar-refractivity contribution is 6.06. The number of hydrogen-bond acceptors (Lipinski definition) is 4. The number of rotatable bonds is 5. The number of halogens is 1. The number of aromatic nitrogens is 3. The van der Waals surface area contributed by atoms with Gasteiger partial charge in [0.05, 0.1) is 30.7 Å². The van der Waals surface area contributed by atoms with Crippen molar-refractivity contribution < 1.29 is 14.0 Å². The van der Waals surface area contributed by atoms with Crippen LogP contribution in [0.5, 0.6) is 0 Å². The third-order valence-electron chi connectivity index (χ3n) is 6.24. The van der Waals surface area contributed by atoms with E-state index in [0.29, 0.717) is 42.1 Å². The topological polar surface area (TPSA) is 83.4 Å². The Morgan fingerprint density at radius 3 is 2.56 bits per heavy atom. The number of nitrogens with zero attached hydrogens (tertiary/aromatic N) is 5. The number of urea groups is 1. The lowest BCUT2D eigenvalue weighted by Crippen LogP contribution is -2.39. The van der Waals surface area contributed by atoms with Gasteiger partial charge in [-0.1, -0.05) is 18.2 Å². The quantitative estimate of drug-likeness (QED) is 0.455. The Kier molecular flexibility index (Phi) is 6.44. The summed E-state index contributed by atoms with van der Waals surface area (Å²) in [4.78, 5) is 33.8. The van der Waals surface area contributed by atoms with E-state index in [-0.39, 0.29) is 18.5 Å². The van der Waals surface area contributed by atoms with Gasteiger partial charge in [-0.15, -0.1) is 0 Å². The van der Waals surface area contributed by atoms with Crippen LogP contribution in [0.25, 0.3) is 0 Å². The summed E-state index contributed by atoms with van der Waals surface area (Å²) in [7, 11) is 1.88. The summed E-state index contributed by atoms with van der Waals surface area (Å²) in [5, 5.41) is 7.60. The van der Waals surface area contributed by atoms with Gasteiger partial charge in [0.2, 0.25) is 0 Å². The number of benzene rings is 2. The molecule has 0 aliphatic carbocycles. The lowest BCUT2D eigenvalue weighted by molar-refractivity contribution is 0.0984. The van der Waals surface area contributed by atoms with Crippen molar-refractivity contribution in [2.75, 3.05) is 16.8 Å². The van der Waals surface area contributed by atoms with Gasteiger partial charge in [0.1, 0.15) is 5.82 Å². The average Bonchev–Trinajstić information content (AvgIpc) is 3.22. The summed E-state index contributed by atoms with van der Waals surface area (Å²) >= 11 is 0. The van der Waals surface area contributed by atoms with Crippen molar-refractivity contribution in [1.29, 1.82) is 0 Å². The lowest BCUT2D eigenvalue weighted by atomic mass is 10.0. The normalized spacial score (nSPS) is 12.7. The van der Waals surface area contributed by atoms with Crippen molar-refractivity contribution in [1.82, 2.24) is 19.7 Å². The maximum atomic E-state index is 13.5. The van der Waals surface area contributed by atoms with Crippen LogP contribution in [0.4, 0.5) is 20.6 Å². The van der Waals surface area contributed by atoms with Crippen LogP contribution in [0, 0.1) is 5.82 Å². The third-order valence-corrected chi connectivity index (χ3v) is 6.24. The number of fused-ring (bicyclic) bond motifs is 1. The van der Waals surface area contributed by atoms with Gasteiger partial charge in [0, 0.05) is 48.7 Å². The molecule has 9 heteroatoms. The molecule has 2 aromatic heterocycles. The number of amides is 3. The van der Waals surface area contributed by atoms with E-state index in [1.165, 1.54) is 24.3 Å². The van der Waals surface area contributed by atoms with Gasteiger partial charge in [-0.3, -0.25) is 14.5 Å². The van der Waals surface area contributed by atoms with E-state index in [1.807, 2.05) is 42.1 Å². The van der Waals surface area contributed by atoms with Crippen molar-refractivity contribution in [2.45, 2.75) is 19.5 Å². The maximum Gasteiger partial charge on any atom is 0.322 e. The molecule has 0 bridgehead atoms. The monoisotopic (exact) mass is 484 g/mol. The minimum absolute atomic E-state index is 0.210. The average molecular weight is 485 g/mol. The first-order valence-electron chi connectivity index (χ1n) is 11.6. The summed E-state index contributed by atoms with van der Waals surface area (Å²) in [6.45, 7) is 1.13. The highest BCUT2D eigenvalue weighted by Gasteiger charge is 2.29. The van der Waals surface area contributed by atoms with Gasteiger partial charge in [0.25, 0.3) is 5.91 Å². The molecule has 1 aliphatic rings. The van der Waals surface area contributed by atoms with E-state index in [9.17, 15) is 14.0 Å². The zero-order chi connectivity index (χ0) is 25.1. The minimum atomic E-state index is -0.402. The first kappa shape index (κ1) is 23.2. The van der Waals surface area contributed by atoms with Crippen LogP contribution >= 0.6 is 0 Å². The molecule has 5 rings (SSSR count). The largest absolute Gasteiger partial charge is 0.322 e. The molecule has 36 heavy (non-hydrogen) atoms. The Bertz CT molecular complexity index is 1370. The molecule has 0 saturated heterocycles. The number of carbonyl (C=O) groups excluding carboxylic acids is 2. The number of para-hydroxylation sites is 1. The number of anilines is 2. The predicted molar refractivity (Wildman–Crippen MR) is 134 cm³/mol. The van der Waals surface area contributed by atoms with Crippen molar-refractivity contribution in [3.05, 3.63) is 107 Å². The highest BCUT2D eigenvalue weighted by atomic mass is 19.1. The molecule has 1 N–H and O–H groups in total. The van der Waals surface area contributed by atoms with Crippen LogP contribution in [0.15, 0.2) is 79.1 Å². The molecule has 0 radical (unpaired) electrons. The molecular formula is C27H25FN6O2. The Hall–Kier alpha value is -4.53. The van der Waals surface area contributed by atoms with Crippen LogP contribution in [-0.2, 0) is 26.6 Å². The number of pyridine rings is 1. The molecule has 8 nitrogen and oxygen atoms in total. The predicted octanol–water partition coefficient (Wildman–Crippen LogP) is 4.39. The number of nitrogens with one attached hydrogen (secondary N) is 1. The fraction of sp³-hybridized carbons (Fsp3) is 0.185. The first-order valence-corrected chi connectivity index (χ1v) is 11.6. The van der Waals surface area contributed by atoms with Gasteiger partial charge in [-0.25, -0.2) is 9.18 Å². The van der Waals surface area contributed by atoms with Gasteiger partial charge in [0.15, 0.2) is 0 Å². The summed E-state index contributed by atoms with van der Waals surface area (Å²) in [6.07, 6.45) is 3.90. The van der Waals surface area contributed by atoms with E-state index >= 15 is 0 Å². The standard InChI is InChI=1S/C27H25FN6O2/c1-32-25-13-15-33(27(36)30-21-6-5-14-29-16-21)17-23(25)24(31-32)18-34(22-7-3-2-4-8-22)26(35)19-9-11-20(28)12-10-19/h2-12,14,16H,13,15,17-18H2,1H3,(H,30,36). The van der Waals surface area contributed by atoms with E-state index in [0.717, 1.165) is 11.3 Å². The Balaban J connectivity index is 1.42. The van der Waals surface area contributed by atoms with Crippen LogP contribution in [0.1, 0.15) is 27.3 Å². The van der Waals surface area contributed by atoms with Crippen LogP contribution in [0.3, 0.4) is 0 Å². The Morgan fingerprint density at radius 2 is 1.83 bits per heavy atom. The molecule has 0 spiro atoms. The van der Waals surface area contributed by atoms with Crippen LogP contribution in [0.2, 0.25) is 0 Å². The molecule has 4 aromatic rings. The summed E-state index contributed by atoms with van der Waals surface area (Å²) in [5.41, 5.74) is 4.39. The number of carbonyl (C=O) groups is 2. The minimum Gasteiger partial charge on any atom is -0.320 e. The molecule has 0 fully saturated rings. The third kappa shape index (κ3) is 4.81. The van der Waals surface area contributed by atoms with Gasteiger partial charge in [-0.2, -0.15) is 5.10 Å². The van der Waals surface area contributed by atoms with Crippen molar-refractivity contribution in [2.24, 2.45) is 7.05 Å². The molecule has 2 aromatic carbocycles.